The van der Waals surface area contributed by atoms with Crippen molar-refractivity contribution in [2.75, 3.05) is 37.9 Å². The van der Waals surface area contributed by atoms with Crippen LogP contribution in [0.15, 0.2) is 0 Å². The zero-order valence-corrected chi connectivity index (χ0v) is 33.3. The molecule has 0 radical (unpaired) electrons. The van der Waals surface area contributed by atoms with Crippen molar-refractivity contribution in [2.45, 2.75) is 154 Å². The molecule has 0 aliphatic heterocycles. The zero-order valence-electron chi connectivity index (χ0n) is 27.2. The van der Waals surface area contributed by atoms with Gasteiger partial charge in [-0.05, 0) is 45.3 Å². The summed E-state index contributed by atoms with van der Waals surface area (Å²) in [5.41, 5.74) is -0.529. The fraction of sp³-hybridized carbons (Fsp3) is 1.00. The molecule has 0 saturated heterocycles. The maximum Gasteiger partial charge on any atom is 0.145 e. The Balaban J connectivity index is 4.77. The Kier molecular flexibility index (Phi) is 32.0. The van der Waals surface area contributed by atoms with Crippen molar-refractivity contribution >= 4 is 60.3 Å². The third-order valence-electron chi connectivity index (χ3n) is 7.03. The van der Waals surface area contributed by atoms with E-state index in [1.54, 1.807) is 0 Å². The van der Waals surface area contributed by atoms with E-state index in [2.05, 4.69) is 41.5 Å². The molecule has 4 nitrogen and oxygen atoms in total. The van der Waals surface area contributed by atoms with E-state index in [1.807, 2.05) is 41.2 Å². The van der Waals surface area contributed by atoms with Crippen molar-refractivity contribution in [1.82, 2.24) is 0 Å². The highest BCUT2D eigenvalue weighted by molar-refractivity contribution is 9.26. The molecule has 0 aliphatic rings. The Morgan fingerprint density at radius 3 is 1.02 bits per heavy atom. The minimum atomic E-state index is -0.443. The number of ether oxygens (including phenoxy) is 4. The molecule has 0 atom stereocenters. The molecule has 0 aromatic rings. The van der Waals surface area contributed by atoms with Crippen molar-refractivity contribution in [3.05, 3.63) is 0 Å². The second-order valence-electron chi connectivity index (χ2n) is 10.8. The van der Waals surface area contributed by atoms with Crippen LogP contribution in [-0.2, 0) is 18.9 Å². The van der Waals surface area contributed by atoms with E-state index >= 15 is 0 Å². The lowest BCUT2D eigenvalue weighted by molar-refractivity contribution is -0.183. The molecule has 0 N–H and O–H groups in total. The standard InChI is InChI=1S/C30H66O4S4Si2/c1-7-13-21-31-29(32-22-14-8-2,39-27-17-11-5)19-25-35-37-38-36-26-20-30(33-23-15-9-3,34-24-16-10-4)40-28-18-12-6/h7-28,39-40H2,1-6H3. The molecule has 0 unspecified atom stereocenters. The second kappa shape index (κ2) is 30.7. The highest BCUT2D eigenvalue weighted by atomic mass is 33.7. The Hall–Kier alpha value is 1.67. The lowest BCUT2D eigenvalue weighted by atomic mass is 10.3. The topological polar surface area (TPSA) is 36.9 Å². The summed E-state index contributed by atoms with van der Waals surface area (Å²) < 4.78 is 26.2. The predicted molar refractivity (Wildman–Crippen MR) is 195 cm³/mol. The summed E-state index contributed by atoms with van der Waals surface area (Å²) in [6.45, 7) is 16.9. The summed E-state index contributed by atoms with van der Waals surface area (Å²) in [6.07, 6.45) is 16.4. The zero-order chi connectivity index (χ0) is 29.6. The quantitative estimate of drug-likeness (QED) is 0.0295. The summed E-state index contributed by atoms with van der Waals surface area (Å²) in [5, 5.41) is 0. The fourth-order valence-corrected chi connectivity index (χ4v) is 15.6. The van der Waals surface area contributed by atoms with Crippen LogP contribution in [0.2, 0.25) is 12.1 Å². The first-order chi connectivity index (χ1) is 19.6. The van der Waals surface area contributed by atoms with E-state index < -0.39 is 19.0 Å². The van der Waals surface area contributed by atoms with Gasteiger partial charge in [0.15, 0.2) is 0 Å². The molecule has 0 saturated carbocycles. The average Bonchev–Trinajstić information content (AvgIpc) is 2.95. The normalized spacial score (nSPS) is 13.1. The SMILES string of the molecule is CCCCOC(CCSSSSCCC(OCCCC)(OCCCC)[SiH2]CCCC)(OCCCC)[SiH2]CCCC. The van der Waals surface area contributed by atoms with Crippen molar-refractivity contribution in [1.29, 1.82) is 0 Å². The van der Waals surface area contributed by atoms with Crippen LogP contribution in [0.3, 0.4) is 0 Å². The molecule has 0 fully saturated rings. The van der Waals surface area contributed by atoms with Gasteiger partial charge in [-0.3, -0.25) is 0 Å². The lowest BCUT2D eigenvalue weighted by Crippen LogP contribution is -2.43. The van der Waals surface area contributed by atoms with E-state index in [1.165, 1.54) is 63.5 Å². The first kappa shape index (κ1) is 41.7. The molecule has 0 rings (SSSR count). The smallest absolute Gasteiger partial charge is 0.145 e. The summed E-state index contributed by atoms with van der Waals surface area (Å²) in [4.78, 5) is 0. The second-order valence-corrected chi connectivity index (χ2v) is 21.6. The van der Waals surface area contributed by atoms with Gasteiger partial charge in [-0.15, -0.1) is 0 Å². The van der Waals surface area contributed by atoms with Crippen molar-refractivity contribution in [3.63, 3.8) is 0 Å². The summed E-state index contributed by atoms with van der Waals surface area (Å²) in [7, 11) is 6.91. The van der Waals surface area contributed by atoms with Gasteiger partial charge in [0.2, 0.25) is 0 Å². The number of rotatable bonds is 33. The molecule has 0 aromatic heterocycles. The number of unbranched alkanes of at least 4 members (excludes halogenated alkanes) is 6. The Morgan fingerprint density at radius 1 is 0.450 bits per heavy atom. The Labute approximate surface area is 270 Å². The van der Waals surface area contributed by atoms with Crippen LogP contribution in [-0.4, -0.2) is 67.8 Å². The van der Waals surface area contributed by atoms with Crippen LogP contribution < -0.4 is 0 Å². The summed E-state index contributed by atoms with van der Waals surface area (Å²) in [5.74, 6) is 2.17. The van der Waals surface area contributed by atoms with Crippen LogP contribution in [0.1, 0.15) is 131 Å². The van der Waals surface area contributed by atoms with E-state index in [-0.39, 0.29) is 10.8 Å². The molecule has 0 heterocycles. The molecule has 40 heavy (non-hydrogen) atoms. The Morgan fingerprint density at radius 2 is 0.750 bits per heavy atom. The Bertz CT molecular complexity index is 427. The molecule has 10 heteroatoms. The number of hydrogen-bond donors (Lipinski definition) is 0. The van der Waals surface area contributed by atoms with Crippen LogP contribution >= 0.6 is 41.2 Å². The first-order valence-corrected chi connectivity index (χ1v) is 25.3. The van der Waals surface area contributed by atoms with Crippen molar-refractivity contribution in [3.8, 4) is 0 Å². The van der Waals surface area contributed by atoms with Gasteiger partial charge < -0.3 is 18.9 Å². The highest BCUT2D eigenvalue weighted by Gasteiger charge is 2.32. The largest absolute Gasteiger partial charge is 0.354 e. The van der Waals surface area contributed by atoms with Gasteiger partial charge >= 0.3 is 0 Å². The van der Waals surface area contributed by atoms with Gasteiger partial charge in [0.1, 0.15) is 10.8 Å². The van der Waals surface area contributed by atoms with Gasteiger partial charge in [-0.25, -0.2) is 0 Å². The van der Waals surface area contributed by atoms with Crippen LogP contribution in [0.25, 0.3) is 0 Å². The molecule has 0 spiro atoms. The van der Waals surface area contributed by atoms with E-state index in [0.717, 1.165) is 76.5 Å². The van der Waals surface area contributed by atoms with Gasteiger partial charge in [0.05, 0.1) is 19.0 Å². The third kappa shape index (κ3) is 23.1. The molecule has 0 amide bonds. The van der Waals surface area contributed by atoms with Crippen LogP contribution in [0.4, 0.5) is 0 Å². The highest BCUT2D eigenvalue weighted by Crippen LogP contribution is 2.44. The molecule has 0 aromatic carbocycles. The van der Waals surface area contributed by atoms with Crippen LogP contribution in [0.5, 0.6) is 0 Å². The van der Waals surface area contributed by atoms with Crippen LogP contribution in [0, 0.1) is 0 Å². The van der Waals surface area contributed by atoms with Gasteiger partial charge in [-0.1, -0.05) is 127 Å². The van der Waals surface area contributed by atoms with E-state index in [0.29, 0.717) is 0 Å². The van der Waals surface area contributed by atoms with E-state index in [9.17, 15) is 0 Å². The fourth-order valence-electron chi connectivity index (χ4n) is 4.31. The minimum Gasteiger partial charge on any atom is -0.354 e. The van der Waals surface area contributed by atoms with Crippen molar-refractivity contribution in [2.24, 2.45) is 0 Å². The predicted octanol–water partition coefficient (Wildman–Crippen LogP) is 9.79. The third-order valence-corrected chi connectivity index (χ3v) is 18.3. The van der Waals surface area contributed by atoms with Gasteiger partial charge in [0.25, 0.3) is 0 Å². The number of hydrogen-bond acceptors (Lipinski definition) is 8. The molecule has 242 valence electrons. The van der Waals surface area contributed by atoms with Gasteiger partial charge in [0, 0.05) is 50.8 Å². The molecule has 0 bridgehead atoms. The monoisotopic (exact) mass is 674 g/mol. The minimum absolute atomic E-state index is 0.265. The lowest BCUT2D eigenvalue weighted by Gasteiger charge is -2.34. The molecule has 0 aliphatic carbocycles. The summed E-state index contributed by atoms with van der Waals surface area (Å²) >= 11 is 0. The first-order valence-electron chi connectivity index (χ1n) is 16.7. The van der Waals surface area contributed by atoms with Gasteiger partial charge in [-0.2, -0.15) is 0 Å². The maximum absolute atomic E-state index is 6.55. The van der Waals surface area contributed by atoms with Crippen molar-refractivity contribution < 1.29 is 18.9 Å². The maximum atomic E-state index is 6.55. The molecular weight excluding hydrogens is 609 g/mol. The molecular formula is C30H66O4S4Si2. The van der Waals surface area contributed by atoms with E-state index in [4.69, 9.17) is 18.9 Å². The summed E-state index contributed by atoms with van der Waals surface area (Å²) in [6, 6.07) is 2.64. The average molecular weight is 675 g/mol.